The average molecular weight is 413 g/mol. The number of thiocarbonyl (C=S) groups is 1. The summed E-state index contributed by atoms with van der Waals surface area (Å²) < 4.78 is 5.47. The lowest BCUT2D eigenvalue weighted by Gasteiger charge is -2.12. The van der Waals surface area contributed by atoms with E-state index in [0.29, 0.717) is 16.8 Å². The van der Waals surface area contributed by atoms with Gasteiger partial charge in [0.1, 0.15) is 5.75 Å². The molecule has 0 unspecified atom stereocenters. The van der Waals surface area contributed by atoms with Crippen molar-refractivity contribution in [1.82, 2.24) is 10.3 Å². The zero-order valence-electron chi connectivity index (χ0n) is 17.5. The van der Waals surface area contributed by atoms with E-state index in [0.717, 1.165) is 17.0 Å². The van der Waals surface area contributed by atoms with Crippen LogP contribution in [-0.2, 0) is 4.79 Å². The van der Waals surface area contributed by atoms with Gasteiger partial charge in [0.15, 0.2) is 11.7 Å². The fraction of sp³-hybridized carbons (Fsp3) is 0.318. The normalized spacial score (nSPS) is 11.2. The third-order valence-electron chi connectivity index (χ3n) is 4.29. The molecule has 0 aliphatic carbocycles. The lowest BCUT2D eigenvalue weighted by atomic mass is 10.0. The number of anilines is 1. The number of hydrazone groups is 1. The summed E-state index contributed by atoms with van der Waals surface area (Å²) in [6.45, 7) is 6.22. The zero-order chi connectivity index (χ0) is 21.4. The van der Waals surface area contributed by atoms with Crippen LogP contribution in [0.25, 0.3) is 0 Å². The average Bonchev–Trinajstić information content (AvgIpc) is 2.70. The Labute approximate surface area is 177 Å². The fourth-order valence-electron chi connectivity index (χ4n) is 2.38. The molecule has 2 N–H and O–H groups in total. The molecule has 6 nitrogen and oxygen atoms in total. The van der Waals surface area contributed by atoms with Crippen molar-refractivity contribution in [2.75, 3.05) is 26.0 Å². The van der Waals surface area contributed by atoms with Crippen molar-refractivity contribution in [3.05, 3.63) is 59.7 Å². The molecule has 0 radical (unpaired) electrons. The van der Waals surface area contributed by atoms with Crippen molar-refractivity contribution in [3.8, 4) is 5.75 Å². The maximum Gasteiger partial charge on any atom is 0.259 e. The highest BCUT2D eigenvalue weighted by Gasteiger charge is 2.06. The van der Waals surface area contributed by atoms with Crippen LogP contribution in [0.1, 0.15) is 37.8 Å². The predicted octanol–water partition coefficient (Wildman–Crippen LogP) is 3.99. The molecule has 2 rings (SSSR count). The van der Waals surface area contributed by atoms with Crippen LogP contribution in [0.4, 0.5) is 5.69 Å². The Hall–Kier alpha value is -2.93. The number of carbonyl (C=O) groups is 1. The molecule has 0 aromatic heterocycles. The minimum Gasteiger partial charge on any atom is -0.484 e. The van der Waals surface area contributed by atoms with E-state index >= 15 is 0 Å². The van der Waals surface area contributed by atoms with Gasteiger partial charge >= 0.3 is 0 Å². The molecule has 1 amide bonds. The number of nitrogens with zero attached hydrogens (tertiary/aromatic N) is 2. The maximum atomic E-state index is 11.6. The number of hydrogen-bond acceptors (Lipinski definition) is 4. The molecule has 2 aromatic carbocycles. The molecule has 0 aliphatic rings. The fourth-order valence-corrected chi connectivity index (χ4v) is 2.54. The van der Waals surface area contributed by atoms with Crippen molar-refractivity contribution in [2.24, 2.45) is 5.10 Å². The van der Waals surface area contributed by atoms with Gasteiger partial charge in [-0.05, 0) is 72.6 Å². The van der Waals surface area contributed by atoms with Crippen LogP contribution in [0.5, 0.6) is 5.75 Å². The first kappa shape index (κ1) is 22.4. The molecule has 154 valence electrons. The Balaban J connectivity index is 1.88. The van der Waals surface area contributed by atoms with Gasteiger partial charge in [-0.25, -0.2) is 0 Å². The summed E-state index contributed by atoms with van der Waals surface area (Å²) in [5.74, 6) is 1.04. The molecular weight excluding hydrogens is 384 g/mol. The van der Waals surface area contributed by atoms with E-state index < -0.39 is 0 Å². The van der Waals surface area contributed by atoms with Crippen molar-refractivity contribution in [2.45, 2.75) is 26.7 Å². The molecule has 2 aromatic rings. The van der Waals surface area contributed by atoms with Gasteiger partial charge in [0.25, 0.3) is 5.91 Å². The van der Waals surface area contributed by atoms with Crippen molar-refractivity contribution >= 4 is 34.6 Å². The highest BCUT2D eigenvalue weighted by atomic mass is 32.1. The quantitative estimate of drug-likeness (QED) is 0.409. The van der Waals surface area contributed by atoms with Crippen molar-refractivity contribution in [3.63, 3.8) is 0 Å². The summed E-state index contributed by atoms with van der Waals surface area (Å²) in [5, 5.41) is 7.86. The summed E-state index contributed by atoms with van der Waals surface area (Å²) in [5.41, 5.74) is 6.75. The van der Waals surface area contributed by atoms with E-state index in [1.165, 1.54) is 10.5 Å². The second-order valence-corrected chi connectivity index (χ2v) is 7.55. The van der Waals surface area contributed by atoms with E-state index in [4.69, 9.17) is 17.0 Å². The van der Waals surface area contributed by atoms with Gasteiger partial charge in [-0.15, -0.1) is 0 Å². The SMILES string of the molecule is C/C(=N\NC(=S)Nc1ccc(C(C)C)cc1)c1ccc(OCC(=O)N(C)C)cc1. The van der Waals surface area contributed by atoms with Crippen LogP contribution in [0.3, 0.4) is 0 Å². The number of ether oxygens (including phenoxy) is 1. The number of nitrogens with one attached hydrogen (secondary N) is 2. The molecule has 0 saturated heterocycles. The Morgan fingerprint density at radius 3 is 2.28 bits per heavy atom. The molecule has 0 aliphatic heterocycles. The Morgan fingerprint density at radius 1 is 1.10 bits per heavy atom. The second kappa shape index (κ2) is 10.6. The van der Waals surface area contributed by atoms with Gasteiger partial charge in [0.05, 0.1) is 5.71 Å². The number of benzene rings is 2. The zero-order valence-corrected chi connectivity index (χ0v) is 18.3. The van der Waals surface area contributed by atoms with Crippen LogP contribution in [0, 0.1) is 0 Å². The molecular formula is C22H28N4O2S. The summed E-state index contributed by atoms with van der Waals surface area (Å²) in [4.78, 5) is 13.1. The first-order valence-electron chi connectivity index (χ1n) is 9.41. The number of likely N-dealkylation sites (N-methyl/N-ethyl adjacent to an activating group) is 1. The molecule has 0 saturated carbocycles. The first-order chi connectivity index (χ1) is 13.8. The van der Waals surface area contributed by atoms with Crippen LogP contribution in [-0.4, -0.2) is 42.3 Å². The predicted molar refractivity (Wildman–Crippen MR) is 123 cm³/mol. The van der Waals surface area contributed by atoms with E-state index in [1.807, 2.05) is 43.3 Å². The van der Waals surface area contributed by atoms with Gasteiger partial charge < -0.3 is 15.0 Å². The van der Waals surface area contributed by atoms with Gasteiger partial charge in [-0.2, -0.15) is 5.10 Å². The van der Waals surface area contributed by atoms with Crippen molar-refractivity contribution < 1.29 is 9.53 Å². The van der Waals surface area contributed by atoms with Crippen LogP contribution < -0.4 is 15.5 Å². The minimum absolute atomic E-state index is 0.0130. The van der Waals surface area contributed by atoms with Gasteiger partial charge in [-0.3, -0.25) is 10.2 Å². The third-order valence-corrected chi connectivity index (χ3v) is 4.49. The number of hydrogen-bond donors (Lipinski definition) is 2. The molecule has 0 spiro atoms. The Bertz CT molecular complexity index is 859. The second-order valence-electron chi connectivity index (χ2n) is 7.14. The first-order valence-corrected chi connectivity index (χ1v) is 9.81. The lowest BCUT2D eigenvalue weighted by Crippen LogP contribution is -2.27. The van der Waals surface area contributed by atoms with Crippen LogP contribution in [0.15, 0.2) is 53.6 Å². The molecule has 0 atom stereocenters. The van der Waals surface area contributed by atoms with Crippen LogP contribution >= 0.6 is 12.2 Å². The molecule has 0 heterocycles. The monoisotopic (exact) mass is 412 g/mol. The van der Waals surface area contributed by atoms with E-state index in [9.17, 15) is 4.79 Å². The number of carbonyl (C=O) groups excluding carboxylic acids is 1. The molecule has 0 fully saturated rings. The van der Waals surface area contributed by atoms with Crippen molar-refractivity contribution in [1.29, 1.82) is 0 Å². The maximum absolute atomic E-state index is 11.6. The smallest absolute Gasteiger partial charge is 0.259 e. The van der Waals surface area contributed by atoms with E-state index in [-0.39, 0.29) is 12.5 Å². The van der Waals surface area contributed by atoms with Gasteiger partial charge in [-0.1, -0.05) is 26.0 Å². The Kier molecular flexibility index (Phi) is 8.15. The third kappa shape index (κ3) is 7.19. The number of rotatable bonds is 7. The van der Waals surface area contributed by atoms with E-state index in [2.05, 4.69) is 41.8 Å². The molecule has 0 bridgehead atoms. The standard InChI is InChI=1S/C22H28N4O2S/c1-15(2)17-6-10-19(11-7-17)23-22(29)25-24-16(3)18-8-12-20(13-9-18)28-14-21(27)26(4)5/h6-13,15H,14H2,1-5H3,(H2,23,25,29)/b24-16+. The van der Waals surface area contributed by atoms with Gasteiger partial charge in [0, 0.05) is 19.8 Å². The highest BCUT2D eigenvalue weighted by Crippen LogP contribution is 2.17. The van der Waals surface area contributed by atoms with Crippen LogP contribution in [0.2, 0.25) is 0 Å². The lowest BCUT2D eigenvalue weighted by molar-refractivity contribution is -0.130. The highest BCUT2D eigenvalue weighted by molar-refractivity contribution is 7.80. The molecule has 29 heavy (non-hydrogen) atoms. The number of amides is 1. The summed E-state index contributed by atoms with van der Waals surface area (Å²) in [6.07, 6.45) is 0. The van der Waals surface area contributed by atoms with E-state index in [1.54, 1.807) is 14.1 Å². The summed E-state index contributed by atoms with van der Waals surface area (Å²) in [6, 6.07) is 15.6. The van der Waals surface area contributed by atoms with Gasteiger partial charge in [0.2, 0.25) is 0 Å². The summed E-state index contributed by atoms with van der Waals surface area (Å²) >= 11 is 5.30. The molecule has 7 heteroatoms. The largest absolute Gasteiger partial charge is 0.484 e. The minimum atomic E-state index is -0.0872. The topological polar surface area (TPSA) is 66.0 Å². The Morgan fingerprint density at radius 2 is 1.72 bits per heavy atom. The summed E-state index contributed by atoms with van der Waals surface area (Å²) in [7, 11) is 3.39.